The molecule has 3 aromatic rings. The number of rotatable bonds is 2. The van der Waals surface area contributed by atoms with Crippen LogP contribution in [0.25, 0.3) is 11.0 Å². The number of carbonyl (C=O) groups is 1. The number of pyridine rings is 1. The molecule has 0 saturated carbocycles. The summed E-state index contributed by atoms with van der Waals surface area (Å²) in [5, 5.41) is 8.31. The second kappa shape index (κ2) is 5.50. The van der Waals surface area contributed by atoms with Gasteiger partial charge in [0.1, 0.15) is 0 Å². The Kier molecular flexibility index (Phi) is 3.64. The lowest BCUT2D eigenvalue weighted by molar-refractivity contribution is 0.102. The fourth-order valence-corrected chi connectivity index (χ4v) is 2.73. The molecular weight excluding hydrogens is 288 g/mol. The van der Waals surface area contributed by atoms with Gasteiger partial charge in [-0.3, -0.25) is 9.48 Å². The van der Waals surface area contributed by atoms with Crippen molar-refractivity contribution in [2.75, 3.05) is 5.32 Å². The van der Waals surface area contributed by atoms with Crippen LogP contribution in [-0.2, 0) is 7.05 Å². The lowest BCUT2D eigenvalue weighted by Crippen LogP contribution is -2.15. The van der Waals surface area contributed by atoms with Crippen LogP contribution in [-0.4, -0.2) is 20.7 Å². The first-order chi connectivity index (χ1) is 10.9. The number of nitrogens with one attached hydrogen (secondary N) is 1. The molecule has 0 aliphatic carbocycles. The molecule has 3 rings (SSSR count). The third-order valence-electron chi connectivity index (χ3n) is 4.08. The molecule has 0 fully saturated rings. The van der Waals surface area contributed by atoms with E-state index in [0.29, 0.717) is 5.56 Å². The second-order valence-electron chi connectivity index (χ2n) is 5.97. The highest BCUT2D eigenvalue weighted by molar-refractivity contribution is 6.06. The van der Waals surface area contributed by atoms with Crippen LogP contribution in [0, 0.1) is 27.7 Å². The van der Waals surface area contributed by atoms with Crippen molar-refractivity contribution in [1.82, 2.24) is 14.8 Å². The van der Waals surface area contributed by atoms with E-state index < -0.39 is 0 Å². The molecule has 0 unspecified atom stereocenters. The van der Waals surface area contributed by atoms with Gasteiger partial charge in [0.15, 0.2) is 5.65 Å². The number of benzene rings is 1. The monoisotopic (exact) mass is 308 g/mol. The number of amides is 1. The second-order valence-corrected chi connectivity index (χ2v) is 5.97. The normalized spacial score (nSPS) is 11.0. The summed E-state index contributed by atoms with van der Waals surface area (Å²) in [7, 11) is 1.87. The van der Waals surface area contributed by atoms with Crippen LogP contribution in [0.4, 0.5) is 5.69 Å². The highest BCUT2D eigenvalue weighted by Gasteiger charge is 2.14. The summed E-state index contributed by atoms with van der Waals surface area (Å²) >= 11 is 0. The summed E-state index contributed by atoms with van der Waals surface area (Å²) in [5.74, 6) is -0.114. The lowest BCUT2D eigenvalue weighted by Gasteiger charge is -2.11. The van der Waals surface area contributed by atoms with Crippen LogP contribution in [0.15, 0.2) is 24.3 Å². The summed E-state index contributed by atoms with van der Waals surface area (Å²) in [6.45, 7) is 7.75. The quantitative estimate of drug-likeness (QED) is 0.788. The van der Waals surface area contributed by atoms with E-state index >= 15 is 0 Å². The fraction of sp³-hybridized carbons (Fsp3) is 0.278. The number of fused-ring (bicyclic) bond motifs is 1. The Morgan fingerprint density at radius 2 is 1.83 bits per heavy atom. The Labute approximate surface area is 135 Å². The van der Waals surface area contributed by atoms with E-state index in [1.165, 1.54) is 0 Å². The van der Waals surface area contributed by atoms with E-state index in [-0.39, 0.29) is 5.91 Å². The van der Waals surface area contributed by atoms with Gasteiger partial charge in [0, 0.05) is 18.0 Å². The van der Waals surface area contributed by atoms with Crippen LogP contribution in [0.2, 0.25) is 0 Å². The summed E-state index contributed by atoms with van der Waals surface area (Å²) in [5.41, 5.74) is 5.93. The van der Waals surface area contributed by atoms with E-state index in [1.807, 2.05) is 59.0 Å². The van der Waals surface area contributed by atoms with Crippen LogP contribution in [0.5, 0.6) is 0 Å². The minimum absolute atomic E-state index is 0.114. The van der Waals surface area contributed by atoms with Gasteiger partial charge < -0.3 is 5.32 Å². The van der Waals surface area contributed by atoms with Gasteiger partial charge in [0.25, 0.3) is 5.91 Å². The number of aromatic nitrogens is 3. The standard InChI is InChI=1S/C18H20N4O/c1-10-6-7-11(2)14(8-10)18(23)20-16-9-15-12(3)21-22(5)17(15)19-13(16)4/h6-9H,1-5H3,(H,20,23). The molecule has 0 aliphatic heterocycles. The average Bonchev–Trinajstić information content (AvgIpc) is 2.76. The molecule has 2 heterocycles. The highest BCUT2D eigenvalue weighted by Crippen LogP contribution is 2.23. The first-order valence-corrected chi connectivity index (χ1v) is 7.56. The van der Waals surface area contributed by atoms with Crippen molar-refractivity contribution in [1.29, 1.82) is 0 Å². The van der Waals surface area contributed by atoms with E-state index in [4.69, 9.17) is 0 Å². The van der Waals surface area contributed by atoms with Gasteiger partial charge >= 0.3 is 0 Å². The first kappa shape index (κ1) is 15.2. The van der Waals surface area contributed by atoms with Crippen LogP contribution in [0.1, 0.15) is 32.9 Å². The van der Waals surface area contributed by atoms with Gasteiger partial charge in [-0.15, -0.1) is 0 Å². The molecular formula is C18H20N4O. The molecule has 23 heavy (non-hydrogen) atoms. The first-order valence-electron chi connectivity index (χ1n) is 7.56. The largest absolute Gasteiger partial charge is 0.320 e. The number of aryl methyl sites for hydroxylation is 5. The predicted molar refractivity (Wildman–Crippen MR) is 91.9 cm³/mol. The molecule has 0 bridgehead atoms. The van der Waals surface area contributed by atoms with Crippen LogP contribution >= 0.6 is 0 Å². The van der Waals surface area contributed by atoms with E-state index in [1.54, 1.807) is 4.68 Å². The van der Waals surface area contributed by atoms with Crippen molar-refractivity contribution in [3.8, 4) is 0 Å². The number of hydrogen-bond donors (Lipinski definition) is 1. The van der Waals surface area contributed by atoms with Crippen molar-refractivity contribution in [2.45, 2.75) is 27.7 Å². The van der Waals surface area contributed by atoms with Crippen molar-refractivity contribution in [3.05, 3.63) is 52.3 Å². The van der Waals surface area contributed by atoms with Crippen molar-refractivity contribution >= 4 is 22.6 Å². The van der Waals surface area contributed by atoms with Crippen molar-refractivity contribution < 1.29 is 4.79 Å². The van der Waals surface area contributed by atoms with E-state index in [2.05, 4.69) is 15.4 Å². The number of carbonyl (C=O) groups excluding carboxylic acids is 1. The zero-order valence-corrected chi connectivity index (χ0v) is 14.1. The average molecular weight is 308 g/mol. The Bertz CT molecular complexity index is 924. The van der Waals surface area contributed by atoms with E-state index in [0.717, 1.165) is 39.2 Å². The Balaban J connectivity index is 2.01. The minimum atomic E-state index is -0.114. The third kappa shape index (κ3) is 2.70. The lowest BCUT2D eigenvalue weighted by atomic mass is 10.0. The SMILES string of the molecule is Cc1ccc(C)c(C(=O)Nc2cc3c(C)nn(C)c3nc2C)c1. The smallest absolute Gasteiger partial charge is 0.255 e. The number of anilines is 1. The van der Waals surface area contributed by atoms with Gasteiger partial charge in [-0.25, -0.2) is 4.98 Å². The summed E-state index contributed by atoms with van der Waals surface area (Å²) in [6, 6.07) is 7.82. The fourth-order valence-electron chi connectivity index (χ4n) is 2.73. The van der Waals surface area contributed by atoms with Crippen LogP contribution < -0.4 is 5.32 Å². The Morgan fingerprint density at radius 3 is 2.57 bits per heavy atom. The van der Waals surface area contributed by atoms with Gasteiger partial charge in [0.05, 0.1) is 17.1 Å². The number of nitrogens with zero attached hydrogens (tertiary/aromatic N) is 3. The predicted octanol–water partition coefficient (Wildman–Crippen LogP) is 3.45. The Hall–Kier alpha value is -2.69. The third-order valence-corrected chi connectivity index (χ3v) is 4.08. The van der Waals surface area contributed by atoms with Gasteiger partial charge in [-0.2, -0.15) is 5.10 Å². The van der Waals surface area contributed by atoms with Gasteiger partial charge in [0.2, 0.25) is 0 Å². The van der Waals surface area contributed by atoms with Crippen LogP contribution in [0.3, 0.4) is 0 Å². The zero-order valence-electron chi connectivity index (χ0n) is 14.1. The minimum Gasteiger partial charge on any atom is -0.320 e. The summed E-state index contributed by atoms with van der Waals surface area (Å²) < 4.78 is 1.76. The Morgan fingerprint density at radius 1 is 1.09 bits per heavy atom. The molecule has 0 radical (unpaired) electrons. The van der Waals surface area contributed by atoms with E-state index in [9.17, 15) is 4.79 Å². The molecule has 1 aromatic carbocycles. The van der Waals surface area contributed by atoms with Gasteiger partial charge in [-0.1, -0.05) is 17.7 Å². The maximum Gasteiger partial charge on any atom is 0.255 e. The molecule has 5 heteroatoms. The molecule has 1 amide bonds. The maximum absolute atomic E-state index is 12.6. The molecule has 118 valence electrons. The molecule has 0 atom stereocenters. The molecule has 5 nitrogen and oxygen atoms in total. The zero-order chi connectivity index (χ0) is 16.7. The number of hydrogen-bond acceptors (Lipinski definition) is 3. The molecule has 2 aromatic heterocycles. The molecule has 0 aliphatic rings. The summed E-state index contributed by atoms with van der Waals surface area (Å²) in [6.07, 6.45) is 0. The molecule has 1 N–H and O–H groups in total. The molecule has 0 saturated heterocycles. The maximum atomic E-state index is 12.6. The summed E-state index contributed by atoms with van der Waals surface area (Å²) in [4.78, 5) is 17.2. The van der Waals surface area contributed by atoms with Crippen molar-refractivity contribution in [2.24, 2.45) is 7.05 Å². The topological polar surface area (TPSA) is 59.8 Å². The van der Waals surface area contributed by atoms with Gasteiger partial charge in [-0.05, 0) is 45.4 Å². The molecule has 0 spiro atoms. The highest BCUT2D eigenvalue weighted by atomic mass is 16.1. The van der Waals surface area contributed by atoms with Crippen molar-refractivity contribution in [3.63, 3.8) is 0 Å².